The van der Waals surface area contributed by atoms with E-state index in [0.717, 1.165) is 68.1 Å². The van der Waals surface area contributed by atoms with Crippen molar-refractivity contribution in [2.24, 2.45) is 5.92 Å². The molecule has 0 saturated heterocycles. The summed E-state index contributed by atoms with van der Waals surface area (Å²) in [6.45, 7) is 9.89. The molecule has 0 spiro atoms. The molecule has 0 aromatic heterocycles. The molecule has 0 saturated carbocycles. The van der Waals surface area contributed by atoms with Crippen LogP contribution in [0.1, 0.15) is 67.9 Å². The quantitative estimate of drug-likeness (QED) is 0.0677. The first-order valence-electron chi connectivity index (χ1n) is 21.3. The first-order valence-corrected chi connectivity index (χ1v) is 21.3. The summed E-state index contributed by atoms with van der Waals surface area (Å²) in [5.41, 5.74) is 7.97. The molecule has 0 N–H and O–H groups in total. The molecular formula is C53H67N3O5. The van der Waals surface area contributed by atoms with Gasteiger partial charge in [-0.15, -0.1) is 0 Å². The van der Waals surface area contributed by atoms with Gasteiger partial charge in [-0.05, 0) is 135 Å². The summed E-state index contributed by atoms with van der Waals surface area (Å²) in [6, 6.07) is 44.3. The Hall–Kier alpha value is -5.75. The molecule has 5 aromatic rings. The van der Waals surface area contributed by atoms with Crippen LogP contribution in [0.5, 0.6) is 28.7 Å². The van der Waals surface area contributed by atoms with E-state index in [2.05, 4.69) is 149 Å². The van der Waals surface area contributed by atoms with Gasteiger partial charge in [0.05, 0.1) is 39.9 Å². The van der Waals surface area contributed by atoms with Gasteiger partial charge < -0.3 is 33.5 Å². The van der Waals surface area contributed by atoms with E-state index in [1.807, 2.05) is 30.3 Å². The molecule has 5 aromatic carbocycles. The summed E-state index contributed by atoms with van der Waals surface area (Å²) >= 11 is 0. The lowest BCUT2D eigenvalue weighted by Gasteiger charge is -2.32. The first kappa shape index (κ1) is 47.9. The summed E-state index contributed by atoms with van der Waals surface area (Å²) in [4.78, 5) is 4.44. The summed E-state index contributed by atoms with van der Waals surface area (Å²) in [6.07, 6.45) is 3.58. The van der Waals surface area contributed by atoms with E-state index in [0.29, 0.717) is 18.1 Å². The van der Waals surface area contributed by atoms with Gasteiger partial charge in [-0.2, -0.15) is 5.26 Å². The van der Waals surface area contributed by atoms with Crippen molar-refractivity contribution in [2.75, 3.05) is 75.8 Å². The molecule has 61 heavy (non-hydrogen) atoms. The van der Waals surface area contributed by atoms with Gasteiger partial charge in [0.1, 0.15) is 12.4 Å². The number of rotatable bonds is 21. The van der Waals surface area contributed by atoms with E-state index < -0.39 is 5.41 Å². The van der Waals surface area contributed by atoms with Crippen LogP contribution in [0.4, 0.5) is 0 Å². The van der Waals surface area contributed by atoms with Crippen LogP contribution in [0, 0.1) is 17.2 Å². The highest BCUT2D eigenvalue weighted by Gasteiger charge is 2.36. The topological polar surface area (TPSA) is 76.4 Å². The maximum atomic E-state index is 10.2. The fraction of sp³-hybridized carbons (Fsp3) is 0.377. The van der Waals surface area contributed by atoms with Gasteiger partial charge in [0.15, 0.2) is 23.0 Å². The van der Waals surface area contributed by atoms with Crippen molar-refractivity contribution in [3.63, 3.8) is 0 Å². The van der Waals surface area contributed by atoms with Crippen LogP contribution in [0.2, 0.25) is 0 Å². The lowest BCUT2D eigenvalue weighted by Crippen LogP contribution is -2.32. The Balaban J connectivity index is 0.000000272. The number of ether oxygens (including phenoxy) is 5. The molecule has 324 valence electrons. The Morgan fingerprint density at radius 1 is 0.639 bits per heavy atom. The zero-order valence-electron chi connectivity index (χ0n) is 38.2. The minimum atomic E-state index is -0.580. The van der Waals surface area contributed by atoms with Crippen molar-refractivity contribution in [3.8, 4) is 34.8 Å². The lowest BCUT2D eigenvalue weighted by atomic mass is 9.69. The Bertz CT molecular complexity index is 2130. The maximum absolute atomic E-state index is 10.2. The van der Waals surface area contributed by atoms with Crippen molar-refractivity contribution in [1.82, 2.24) is 9.80 Å². The molecule has 0 heterocycles. The molecule has 0 bridgehead atoms. The number of nitrogens with zero attached hydrogens (tertiary/aromatic N) is 3. The zero-order valence-corrected chi connectivity index (χ0v) is 38.2. The Labute approximate surface area is 366 Å². The van der Waals surface area contributed by atoms with Crippen molar-refractivity contribution in [1.29, 1.82) is 5.26 Å². The highest BCUT2D eigenvalue weighted by Crippen LogP contribution is 2.41. The normalized spacial score (nSPS) is 12.5. The van der Waals surface area contributed by atoms with E-state index in [1.54, 1.807) is 28.4 Å². The summed E-state index contributed by atoms with van der Waals surface area (Å²) < 4.78 is 27.5. The molecule has 0 aliphatic heterocycles. The second-order valence-corrected chi connectivity index (χ2v) is 15.8. The molecule has 1 unspecified atom stereocenters. The van der Waals surface area contributed by atoms with Crippen LogP contribution in [0.15, 0.2) is 121 Å². The van der Waals surface area contributed by atoms with Crippen molar-refractivity contribution >= 4 is 11.1 Å². The number of likely N-dealkylation sites (N-methyl/N-ethyl adjacent to an activating group) is 2. The van der Waals surface area contributed by atoms with Gasteiger partial charge in [0.2, 0.25) is 0 Å². The third-order valence-corrected chi connectivity index (χ3v) is 11.2. The third kappa shape index (κ3) is 13.4. The fourth-order valence-electron chi connectivity index (χ4n) is 7.57. The first-order chi connectivity index (χ1) is 29.5. The minimum absolute atomic E-state index is 0.165. The van der Waals surface area contributed by atoms with Crippen LogP contribution in [-0.2, 0) is 11.8 Å². The van der Waals surface area contributed by atoms with Gasteiger partial charge in [0.25, 0.3) is 0 Å². The Kier molecular flexibility index (Phi) is 19.2. The molecule has 5 rings (SSSR count). The molecule has 0 aliphatic rings. The van der Waals surface area contributed by atoms with Crippen molar-refractivity contribution < 1.29 is 23.7 Å². The summed E-state index contributed by atoms with van der Waals surface area (Å²) in [5.74, 6) is 3.90. The molecule has 0 radical (unpaired) electrons. The minimum Gasteiger partial charge on any atom is -0.493 e. The molecule has 8 heteroatoms. The van der Waals surface area contributed by atoms with Crippen LogP contribution < -0.4 is 23.7 Å². The molecule has 0 fully saturated rings. The maximum Gasteiger partial charge on any atom is 0.161 e. The smallest absolute Gasteiger partial charge is 0.161 e. The van der Waals surface area contributed by atoms with Crippen LogP contribution in [-0.4, -0.2) is 85.6 Å². The average Bonchev–Trinajstić information content (AvgIpc) is 3.29. The number of hydrogen-bond donors (Lipinski definition) is 0. The van der Waals surface area contributed by atoms with Crippen molar-refractivity contribution in [3.05, 3.63) is 149 Å². The SMILES string of the molecule is CC/C(=C(\c1ccccc1)c1ccc(OCCN(C)C)cc1)c1ccccc1.COc1ccc(CCN(C)CCCC(C#N)(c2ccc(OC)c(OC)c2)C(C)C)cc1OC. The highest BCUT2D eigenvalue weighted by atomic mass is 16.5. The van der Waals surface area contributed by atoms with Gasteiger partial charge >= 0.3 is 0 Å². The standard InChI is InChI=1S/C27H38N2O4.C26H29NO/c1-20(2)27(19-28,22-10-12-24(31-5)26(18-22)33-7)14-8-15-29(3)16-13-21-9-11-23(30-4)25(17-21)32-6;1-4-25(21-11-7-5-8-12-21)26(22-13-9-6-10-14-22)23-15-17-24(18-16-23)28-20-19-27(2)3/h9-12,17-18,20H,8,13-16H2,1-7H3;5-18H,4,19-20H2,1-3H3/b;26-25-. The third-order valence-electron chi connectivity index (χ3n) is 11.2. The number of hydrogen-bond acceptors (Lipinski definition) is 8. The van der Waals surface area contributed by atoms with E-state index in [-0.39, 0.29) is 5.92 Å². The monoisotopic (exact) mass is 826 g/mol. The molecule has 8 nitrogen and oxygen atoms in total. The molecule has 0 aliphatic carbocycles. The number of methoxy groups -OCH3 is 4. The van der Waals surface area contributed by atoms with E-state index in [9.17, 15) is 5.26 Å². The van der Waals surface area contributed by atoms with E-state index >= 15 is 0 Å². The zero-order chi connectivity index (χ0) is 44.2. The number of allylic oxidation sites excluding steroid dienone is 1. The predicted molar refractivity (Wildman–Crippen MR) is 251 cm³/mol. The average molecular weight is 826 g/mol. The van der Waals surface area contributed by atoms with Crippen LogP contribution in [0.25, 0.3) is 11.1 Å². The molecule has 0 amide bonds. The fourth-order valence-corrected chi connectivity index (χ4v) is 7.57. The highest BCUT2D eigenvalue weighted by molar-refractivity contribution is 5.98. The van der Waals surface area contributed by atoms with E-state index in [1.165, 1.54) is 33.4 Å². The van der Waals surface area contributed by atoms with Gasteiger partial charge in [-0.25, -0.2) is 0 Å². The number of benzene rings is 5. The van der Waals surface area contributed by atoms with Crippen LogP contribution in [0.3, 0.4) is 0 Å². The second kappa shape index (κ2) is 24.5. The predicted octanol–water partition coefficient (Wildman–Crippen LogP) is 11.1. The number of nitriles is 1. The molecule has 1 atom stereocenters. The van der Waals surface area contributed by atoms with E-state index in [4.69, 9.17) is 23.7 Å². The van der Waals surface area contributed by atoms with Gasteiger partial charge in [0, 0.05) is 13.1 Å². The van der Waals surface area contributed by atoms with Gasteiger partial charge in [-0.1, -0.05) is 106 Å². The summed E-state index contributed by atoms with van der Waals surface area (Å²) in [5, 5.41) is 10.2. The van der Waals surface area contributed by atoms with Gasteiger partial charge in [-0.3, -0.25) is 0 Å². The summed E-state index contributed by atoms with van der Waals surface area (Å²) in [7, 11) is 12.8. The Morgan fingerprint density at radius 3 is 1.74 bits per heavy atom. The molecular weight excluding hydrogens is 759 g/mol. The van der Waals surface area contributed by atoms with Crippen LogP contribution >= 0.6 is 0 Å². The van der Waals surface area contributed by atoms with Crippen molar-refractivity contribution in [2.45, 2.75) is 51.9 Å². The second-order valence-electron chi connectivity index (χ2n) is 15.8. The Morgan fingerprint density at radius 2 is 1.20 bits per heavy atom. The lowest BCUT2D eigenvalue weighted by molar-refractivity contribution is 0.261. The largest absolute Gasteiger partial charge is 0.493 e.